The van der Waals surface area contributed by atoms with Crippen LogP contribution >= 0.6 is 0 Å². The first-order valence-electron chi connectivity index (χ1n) is 7.96. The Kier molecular flexibility index (Phi) is 4.92. The maximum atomic E-state index is 12.3. The van der Waals surface area contributed by atoms with E-state index in [-0.39, 0.29) is 29.7 Å². The summed E-state index contributed by atoms with van der Waals surface area (Å²) < 4.78 is 1.70. The largest absolute Gasteiger partial charge is 0.356 e. The molecule has 1 unspecified atom stereocenters. The molecule has 126 valence electrons. The average molecular weight is 319 g/mol. The fourth-order valence-electron chi connectivity index (χ4n) is 3.01. The number of nitrogens with one attached hydrogen (secondary N) is 1. The van der Waals surface area contributed by atoms with E-state index in [0.29, 0.717) is 19.5 Å². The molecule has 1 saturated heterocycles. The number of rotatable bonds is 5. The van der Waals surface area contributed by atoms with E-state index in [4.69, 9.17) is 0 Å². The lowest BCUT2D eigenvalue weighted by molar-refractivity contribution is -0.128. The monoisotopic (exact) mass is 319 g/mol. The maximum Gasteiger partial charge on any atom is 0.250 e. The Hall–Kier alpha value is -2.11. The standard InChI is InChI=1S/C17H25N3O3/c1-12-7-5-8-14(21)20(12)10-6-9-18-16(23)13-11-15(22)19(4)17(13,2)3/h5,7-8,13H,6,9-11H2,1-4H3,(H,18,23). The summed E-state index contributed by atoms with van der Waals surface area (Å²) in [5.41, 5.74) is 0.419. The molecule has 1 aromatic heterocycles. The van der Waals surface area contributed by atoms with Crippen LogP contribution in [0.15, 0.2) is 23.0 Å². The highest BCUT2D eigenvalue weighted by Crippen LogP contribution is 2.34. The van der Waals surface area contributed by atoms with Crippen LogP contribution < -0.4 is 10.9 Å². The van der Waals surface area contributed by atoms with Crippen LogP contribution in [-0.2, 0) is 16.1 Å². The number of hydrogen-bond acceptors (Lipinski definition) is 3. The summed E-state index contributed by atoms with van der Waals surface area (Å²) in [6.07, 6.45) is 0.931. The third kappa shape index (κ3) is 3.46. The van der Waals surface area contributed by atoms with Gasteiger partial charge in [-0.2, -0.15) is 0 Å². The molecule has 1 aromatic rings. The van der Waals surface area contributed by atoms with Crippen LogP contribution in [0.1, 0.15) is 32.4 Å². The van der Waals surface area contributed by atoms with Gasteiger partial charge in [-0.1, -0.05) is 6.07 Å². The fourth-order valence-corrected chi connectivity index (χ4v) is 3.01. The van der Waals surface area contributed by atoms with Crippen molar-refractivity contribution in [1.82, 2.24) is 14.8 Å². The number of likely N-dealkylation sites (tertiary alicyclic amines) is 1. The first-order chi connectivity index (χ1) is 10.7. The molecular formula is C17H25N3O3. The zero-order valence-electron chi connectivity index (χ0n) is 14.3. The van der Waals surface area contributed by atoms with E-state index in [1.807, 2.05) is 26.8 Å². The molecule has 0 saturated carbocycles. The van der Waals surface area contributed by atoms with Crippen LogP contribution in [0, 0.1) is 12.8 Å². The molecule has 1 aliphatic heterocycles. The third-order valence-corrected chi connectivity index (χ3v) is 4.91. The number of carbonyl (C=O) groups excluding carboxylic acids is 2. The summed E-state index contributed by atoms with van der Waals surface area (Å²) in [5, 5.41) is 2.90. The molecule has 0 spiro atoms. The Morgan fingerprint density at radius 1 is 1.35 bits per heavy atom. The van der Waals surface area contributed by atoms with E-state index in [9.17, 15) is 14.4 Å². The molecule has 2 heterocycles. The first-order valence-corrected chi connectivity index (χ1v) is 7.96. The van der Waals surface area contributed by atoms with Gasteiger partial charge in [0, 0.05) is 43.9 Å². The van der Waals surface area contributed by atoms with E-state index in [0.717, 1.165) is 5.69 Å². The number of aromatic nitrogens is 1. The second-order valence-corrected chi connectivity index (χ2v) is 6.66. The van der Waals surface area contributed by atoms with Crippen molar-refractivity contribution in [3.8, 4) is 0 Å². The van der Waals surface area contributed by atoms with E-state index < -0.39 is 5.54 Å². The Balaban J connectivity index is 1.86. The van der Waals surface area contributed by atoms with Crippen LogP contribution in [0.3, 0.4) is 0 Å². The van der Waals surface area contributed by atoms with Crippen LogP contribution in [0.4, 0.5) is 0 Å². The molecule has 1 N–H and O–H groups in total. The molecule has 1 aliphatic rings. The quantitative estimate of drug-likeness (QED) is 0.820. The Morgan fingerprint density at radius 2 is 2.04 bits per heavy atom. The normalized spacial score (nSPS) is 19.9. The average Bonchev–Trinajstić information content (AvgIpc) is 2.69. The lowest BCUT2D eigenvalue weighted by Crippen LogP contribution is -2.47. The zero-order chi connectivity index (χ0) is 17.2. The van der Waals surface area contributed by atoms with Gasteiger partial charge >= 0.3 is 0 Å². The lowest BCUT2D eigenvalue weighted by atomic mass is 9.88. The van der Waals surface area contributed by atoms with Crippen molar-refractivity contribution < 1.29 is 9.59 Å². The summed E-state index contributed by atoms with van der Waals surface area (Å²) in [4.78, 5) is 37.6. The number of hydrogen-bond donors (Lipinski definition) is 1. The van der Waals surface area contributed by atoms with E-state index in [1.165, 1.54) is 6.07 Å². The molecule has 1 atom stereocenters. The molecule has 2 rings (SSSR count). The fraction of sp³-hybridized carbons (Fsp3) is 0.588. The first kappa shape index (κ1) is 17.2. The van der Waals surface area contributed by atoms with Crippen molar-refractivity contribution in [1.29, 1.82) is 0 Å². The van der Waals surface area contributed by atoms with Crippen LogP contribution in [0.5, 0.6) is 0 Å². The summed E-state index contributed by atoms with van der Waals surface area (Å²) >= 11 is 0. The highest BCUT2D eigenvalue weighted by molar-refractivity contribution is 5.90. The van der Waals surface area contributed by atoms with E-state index in [2.05, 4.69) is 5.32 Å². The number of nitrogens with zero attached hydrogens (tertiary/aromatic N) is 2. The number of carbonyl (C=O) groups is 2. The van der Waals surface area contributed by atoms with Gasteiger partial charge in [-0.15, -0.1) is 0 Å². The molecule has 2 amide bonds. The molecule has 23 heavy (non-hydrogen) atoms. The molecule has 0 aromatic carbocycles. The molecule has 6 heteroatoms. The predicted molar refractivity (Wildman–Crippen MR) is 88.0 cm³/mol. The molecular weight excluding hydrogens is 294 g/mol. The van der Waals surface area contributed by atoms with Gasteiger partial charge in [0.25, 0.3) is 5.56 Å². The van der Waals surface area contributed by atoms with Crippen molar-refractivity contribution in [3.05, 3.63) is 34.2 Å². The van der Waals surface area contributed by atoms with Gasteiger partial charge in [-0.3, -0.25) is 14.4 Å². The molecule has 0 bridgehead atoms. The Bertz CT molecular complexity index is 663. The highest BCUT2D eigenvalue weighted by atomic mass is 16.2. The number of aryl methyl sites for hydroxylation is 1. The third-order valence-electron chi connectivity index (χ3n) is 4.91. The SMILES string of the molecule is Cc1cccc(=O)n1CCCNC(=O)C1CC(=O)N(C)C1(C)C. The predicted octanol–water partition coefficient (Wildman–Crippen LogP) is 0.920. The minimum absolute atomic E-state index is 0.00149. The summed E-state index contributed by atoms with van der Waals surface area (Å²) in [6, 6.07) is 5.17. The minimum atomic E-state index is -0.464. The summed E-state index contributed by atoms with van der Waals surface area (Å²) in [6.45, 7) is 6.77. The van der Waals surface area contributed by atoms with Gasteiger partial charge in [0.15, 0.2) is 0 Å². The zero-order valence-corrected chi connectivity index (χ0v) is 14.3. The second-order valence-electron chi connectivity index (χ2n) is 6.66. The second kappa shape index (κ2) is 6.56. The van der Waals surface area contributed by atoms with Crippen LogP contribution in [0.25, 0.3) is 0 Å². The van der Waals surface area contributed by atoms with E-state index in [1.54, 1.807) is 22.6 Å². The van der Waals surface area contributed by atoms with Gasteiger partial charge in [-0.25, -0.2) is 0 Å². The molecule has 0 radical (unpaired) electrons. The topological polar surface area (TPSA) is 71.4 Å². The lowest BCUT2D eigenvalue weighted by Gasteiger charge is -2.32. The molecule has 1 fully saturated rings. The van der Waals surface area contributed by atoms with Gasteiger partial charge in [0.2, 0.25) is 11.8 Å². The Labute approximate surface area is 136 Å². The van der Waals surface area contributed by atoms with Crippen molar-refractivity contribution in [2.75, 3.05) is 13.6 Å². The smallest absolute Gasteiger partial charge is 0.250 e. The van der Waals surface area contributed by atoms with Crippen LogP contribution in [-0.4, -0.2) is 40.4 Å². The minimum Gasteiger partial charge on any atom is -0.356 e. The van der Waals surface area contributed by atoms with Crippen molar-refractivity contribution in [2.45, 2.75) is 45.7 Å². The Morgan fingerprint density at radius 3 is 2.61 bits per heavy atom. The molecule has 0 aliphatic carbocycles. The van der Waals surface area contributed by atoms with Crippen molar-refractivity contribution in [2.24, 2.45) is 5.92 Å². The van der Waals surface area contributed by atoms with Crippen molar-refractivity contribution >= 4 is 11.8 Å². The molecule has 6 nitrogen and oxygen atoms in total. The maximum absolute atomic E-state index is 12.3. The number of amides is 2. The van der Waals surface area contributed by atoms with Crippen LogP contribution in [0.2, 0.25) is 0 Å². The van der Waals surface area contributed by atoms with Gasteiger partial charge < -0.3 is 14.8 Å². The van der Waals surface area contributed by atoms with Gasteiger partial charge in [0.05, 0.1) is 5.92 Å². The van der Waals surface area contributed by atoms with Gasteiger partial charge in [0.1, 0.15) is 0 Å². The summed E-state index contributed by atoms with van der Waals surface area (Å²) in [5.74, 6) is -0.423. The van der Waals surface area contributed by atoms with E-state index >= 15 is 0 Å². The number of pyridine rings is 1. The van der Waals surface area contributed by atoms with Crippen molar-refractivity contribution in [3.63, 3.8) is 0 Å². The van der Waals surface area contributed by atoms with Gasteiger partial charge in [-0.05, 0) is 33.3 Å². The summed E-state index contributed by atoms with van der Waals surface area (Å²) in [7, 11) is 1.74. The highest BCUT2D eigenvalue weighted by Gasteiger charge is 2.47.